The zero-order chi connectivity index (χ0) is 22.7. The maximum Gasteiger partial charge on any atom is 0.414 e. The molecule has 5 N–H and O–H groups in total. The predicted molar refractivity (Wildman–Crippen MR) is 111 cm³/mol. The summed E-state index contributed by atoms with van der Waals surface area (Å²) in [6, 6.07) is -0.377. The molecule has 166 valence electrons. The van der Waals surface area contributed by atoms with E-state index in [1.165, 1.54) is 13.1 Å². The number of hydrogen-bond donors (Lipinski definition) is 4. The van der Waals surface area contributed by atoms with E-state index in [4.69, 9.17) is 15.2 Å². The molecule has 11 nitrogen and oxygen atoms in total. The Morgan fingerprint density at radius 1 is 1.00 bits per heavy atom. The first kappa shape index (κ1) is 26.3. The van der Waals surface area contributed by atoms with E-state index >= 15 is 0 Å². The molecule has 0 aliphatic rings. The van der Waals surface area contributed by atoms with Crippen LogP contribution in [0.1, 0.15) is 61.3 Å². The summed E-state index contributed by atoms with van der Waals surface area (Å²) in [5, 5.41) is 8.49. The van der Waals surface area contributed by atoms with Crippen molar-refractivity contribution < 1.29 is 23.9 Å². The number of carbonyl (C=O) groups is 3. The molecule has 0 aromatic carbocycles. The number of aliphatic imine (C=N–C) groups is 1. The average Bonchev–Trinajstić information content (AvgIpc) is 2.47. The first-order chi connectivity index (χ1) is 13.2. The molecule has 0 saturated carbocycles. The van der Waals surface area contributed by atoms with Crippen LogP contribution in [0.25, 0.3) is 0 Å². The summed E-state index contributed by atoms with van der Waals surface area (Å²) >= 11 is 0. The molecule has 1 unspecified atom stereocenters. The largest absolute Gasteiger partial charge is 0.444 e. The molecular formula is C18H34N6O5. The van der Waals surface area contributed by atoms with Gasteiger partial charge < -0.3 is 15.2 Å². The zero-order valence-corrected chi connectivity index (χ0v) is 18.3. The molecule has 0 heterocycles. The van der Waals surface area contributed by atoms with Crippen LogP contribution in [0.5, 0.6) is 0 Å². The van der Waals surface area contributed by atoms with Gasteiger partial charge >= 0.3 is 12.2 Å². The van der Waals surface area contributed by atoms with Gasteiger partial charge in [0.05, 0.1) is 0 Å². The Bertz CT molecular complexity index is 587. The van der Waals surface area contributed by atoms with Crippen LogP contribution in [-0.4, -0.2) is 54.1 Å². The normalized spacial score (nSPS) is 12.7. The molecule has 1 atom stereocenters. The molecular weight excluding hydrogens is 380 g/mol. The number of nitrogens with zero attached hydrogens (tertiary/aromatic N) is 2. The number of hydrazone groups is 1. The highest BCUT2D eigenvalue weighted by atomic mass is 16.6. The van der Waals surface area contributed by atoms with Crippen LogP contribution >= 0.6 is 0 Å². The van der Waals surface area contributed by atoms with Gasteiger partial charge in [-0.15, -0.1) is 0 Å². The van der Waals surface area contributed by atoms with Crippen molar-refractivity contribution in [2.24, 2.45) is 15.8 Å². The van der Waals surface area contributed by atoms with Gasteiger partial charge in [-0.05, 0) is 54.4 Å². The van der Waals surface area contributed by atoms with E-state index in [1.807, 2.05) is 0 Å². The third-order valence-corrected chi connectivity index (χ3v) is 2.69. The van der Waals surface area contributed by atoms with E-state index in [9.17, 15) is 14.4 Å². The maximum absolute atomic E-state index is 12.0. The number of nitrogens with two attached hydrogens (primary N) is 1. The lowest BCUT2D eigenvalue weighted by Gasteiger charge is -2.22. The molecule has 0 bridgehead atoms. The van der Waals surface area contributed by atoms with Crippen LogP contribution < -0.4 is 21.8 Å². The Hall–Kier alpha value is -2.69. The van der Waals surface area contributed by atoms with Crippen molar-refractivity contribution in [3.63, 3.8) is 0 Å². The lowest BCUT2D eigenvalue weighted by Crippen LogP contribution is -2.47. The molecule has 0 saturated heterocycles. The number of amides is 3. The Morgan fingerprint density at radius 2 is 1.48 bits per heavy atom. The van der Waals surface area contributed by atoms with Crippen molar-refractivity contribution in [1.82, 2.24) is 16.1 Å². The van der Waals surface area contributed by atoms with E-state index in [0.29, 0.717) is 12.8 Å². The lowest BCUT2D eigenvalue weighted by atomic mass is 10.2. The van der Waals surface area contributed by atoms with Crippen molar-refractivity contribution in [2.45, 2.75) is 78.6 Å². The molecule has 0 aromatic rings. The van der Waals surface area contributed by atoms with Gasteiger partial charge in [-0.25, -0.2) is 15.0 Å². The number of nitrogens with one attached hydrogen (secondary N) is 3. The third-order valence-electron chi connectivity index (χ3n) is 2.69. The highest BCUT2D eigenvalue weighted by molar-refractivity contribution is 6.01. The second kappa shape index (κ2) is 12.0. The Balaban J connectivity index is 4.81. The molecule has 0 fully saturated rings. The molecule has 11 heteroatoms. The molecule has 0 radical (unpaired) electrons. The van der Waals surface area contributed by atoms with Gasteiger partial charge in [0.2, 0.25) is 11.9 Å². The first-order valence-corrected chi connectivity index (χ1v) is 9.28. The summed E-state index contributed by atoms with van der Waals surface area (Å²) < 4.78 is 10.3. The van der Waals surface area contributed by atoms with E-state index < -0.39 is 23.4 Å². The highest BCUT2D eigenvalue weighted by Gasteiger charge is 2.21. The first-order valence-electron chi connectivity index (χ1n) is 9.28. The van der Waals surface area contributed by atoms with Crippen molar-refractivity contribution in [2.75, 3.05) is 6.54 Å². The molecule has 3 amide bonds. The van der Waals surface area contributed by atoms with Gasteiger partial charge in [-0.1, -0.05) is 0 Å². The van der Waals surface area contributed by atoms with Gasteiger partial charge in [0.15, 0.2) is 0 Å². The monoisotopic (exact) mass is 414 g/mol. The van der Waals surface area contributed by atoms with E-state index in [2.05, 4.69) is 26.2 Å². The average molecular weight is 415 g/mol. The van der Waals surface area contributed by atoms with Crippen LogP contribution in [0.15, 0.2) is 10.1 Å². The van der Waals surface area contributed by atoms with Crippen LogP contribution in [0, 0.1) is 0 Å². The smallest absolute Gasteiger partial charge is 0.414 e. The number of carbonyl (C=O) groups excluding carboxylic acids is 3. The molecule has 0 aromatic heterocycles. The van der Waals surface area contributed by atoms with Crippen molar-refractivity contribution in [3.05, 3.63) is 0 Å². The Kier molecular flexibility index (Phi) is 10.9. The fourth-order valence-electron chi connectivity index (χ4n) is 1.73. The minimum Gasteiger partial charge on any atom is -0.444 e. The van der Waals surface area contributed by atoms with Crippen molar-refractivity contribution in [3.8, 4) is 0 Å². The molecule has 0 aliphatic carbocycles. The van der Waals surface area contributed by atoms with Gasteiger partial charge in [0.25, 0.3) is 0 Å². The molecule has 0 rings (SSSR count). The zero-order valence-electron chi connectivity index (χ0n) is 18.3. The van der Waals surface area contributed by atoms with Gasteiger partial charge in [-0.3, -0.25) is 20.4 Å². The SMILES string of the molecule is CC(=O)N/N=C/C(N)CCCN=C(NC(=O)OC(C)(C)C)NC(=O)OC(C)(C)C. The molecule has 29 heavy (non-hydrogen) atoms. The lowest BCUT2D eigenvalue weighted by molar-refractivity contribution is -0.118. The highest BCUT2D eigenvalue weighted by Crippen LogP contribution is 2.07. The minimum atomic E-state index is -0.758. The number of alkyl carbamates (subject to hydrolysis) is 2. The summed E-state index contributed by atoms with van der Waals surface area (Å²) in [6.07, 6.45) is 0.976. The third kappa shape index (κ3) is 17.2. The summed E-state index contributed by atoms with van der Waals surface area (Å²) in [5.74, 6) is -0.377. The number of ether oxygens (including phenoxy) is 2. The van der Waals surface area contributed by atoms with Gasteiger partial charge in [0.1, 0.15) is 11.2 Å². The Morgan fingerprint density at radius 3 is 1.90 bits per heavy atom. The second-order valence-corrected chi connectivity index (χ2v) is 8.24. The minimum absolute atomic E-state index is 0.0889. The Labute approximate surface area is 171 Å². The van der Waals surface area contributed by atoms with Crippen LogP contribution in [0.3, 0.4) is 0 Å². The standard InChI is InChI=1S/C18H34N6O5/c1-12(25)24-21-11-13(19)9-8-10-20-14(22-15(26)28-17(2,3)4)23-16(27)29-18(5,6)7/h11,13H,8-10,19H2,1-7H3,(H,24,25)(H2,20,22,23,26,27)/b21-11+. The van der Waals surface area contributed by atoms with Gasteiger partial charge in [-0.2, -0.15) is 5.10 Å². The predicted octanol–water partition coefficient (Wildman–Crippen LogP) is 1.62. The number of hydrogen-bond acceptors (Lipinski definition) is 8. The quantitative estimate of drug-likeness (QED) is 0.224. The fourth-order valence-corrected chi connectivity index (χ4v) is 1.73. The maximum atomic E-state index is 12.0. The fraction of sp³-hybridized carbons (Fsp3) is 0.722. The van der Waals surface area contributed by atoms with Crippen LogP contribution in [0.2, 0.25) is 0 Å². The second-order valence-electron chi connectivity index (χ2n) is 8.24. The van der Waals surface area contributed by atoms with Crippen molar-refractivity contribution >= 4 is 30.3 Å². The van der Waals surface area contributed by atoms with Crippen LogP contribution in [-0.2, 0) is 14.3 Å². The summed E-state index contributed by atoms with van der Waals surface area (Å²) in [5.41, 5.74) is 6.70. The summed E-state index contributed by atoms with van der Waals surface area (Å²) in [4.78, 5) is 38.8. The number of rotatable bonds is 6. The van der Waals surface area contributed by atoms with Gasteiger partial charge in [0, 0.05) is 25.7 Å². The topological polar surface area (TPSA) is 156 Å². The number of guanidine groups is 1. The van der Waals surface area contributed by atoms with E-state index in [1.54, 1.807) is 41.5 Å². The molecule has 0 aliphatic heterocycles. The van der Waals surface area contributed by atoms with Crippen molar-refractivity contribution in [1.29, 1.82) is 0 Å². The van der Waals surface area contributed by atoms with Crippen LogP contribution in [0.4, 0.5) is 9.59 Å². The molecule has 0 spiro atoms. The van der Waals surface area contributed by atoms with E-state index in [0.717, 1.165) is 0 Å². The van der Waals surface area contributed by atoms with E-state index in [-0.39, 0.29) is 24.5 Å². The summed E-state index contributed by atoms with van der Waals surface area (Å²) in [6.45, 7) is 11.9. The summed E-state index contributed by atoms with van der Waals surface area (Å²) in [7, 11) is 0.